The van der Waals surface area contributed by atoms with Crippen molar-refractivity contribution in [2.45, 2.75) is 26.3 Å². The van der Waals surface area contributed by atoms with Crippen molar-refractivity contribution in [2.24, 2.45) is 5.92 Å². The van der Waals surface area contributed by atoms with Crippen LogP contribution < -0.4 is 0 Å². The smallest absolute Gasteiger partial charge is 0.177 e. The maximum Gasteiger partial charge on any atom is 0.177 e. The van der Waals surface area contributed by atoms with Gasteiger partial charge in [0.1, 0.15) is 0 Å². The van der Waals surface area contributed by atoms with E-state index in [1.165, 1.54) is 12.8 Å². The lowest BCUT2D eigenvalue weighted by Crippen LogP contribution is -2.21. The van der Waals surface area contributed by atoms with Crippen molar-refractivity contribution in [2.75, 3.05) is 13.2 Å². The second-order valence-corrected chi connectivity index (χ2v) is 4.36. The number of aryl methyl sites for hydroxylation is 1. The summed E-state index contributed by atoms with van der Waals surface area (Å²) in [7, 11) is 0. The van der Waals surface area contributed by atoms with Crippen molar-refractivity contribution < 1.29 is 4.74 Å². The van der Waals surface area contributed by atoms with Gasteiger partial charge in [-0.05, 0) is 32.0 Å². The van der Waals surface area contributed by atoms with Crippen molar-refractivity contribution >= 4 is 12.2 Å². The molecule has 1 aliphatic rings. The minimum atomic E-state index is 0.630. The highest BCUT2D eigenvalue weighted by Crippen LogP contribution is 2.16. The molecule has 1 aliphatic heterocycles. The molecule has 1 fully saturated rings. The molecule has 4 heteroatoms. The van der Waals surface area contributed by atoms with Gasteiger partial charge in [-0.25, -0.2) is 0 Å². The molecule has 0 spiro atoms. The van der Waals surface area contributed by atoms with Gasteiger partial charge in [-0.1, -0.05) is 0 Å². The second kappa shape index (κ2) is 4.28. The van der Waals surface area contributed by atoms with Crippen LogP contribution in [0.4, 0.5) is 0 Å². The van der Waals surface area contributed by atoms with Crippen molar-refractivity contribution in [3.63, 3.8) is 0 Å². The molecule has 0 aliphatic carbocycles. The predicted molar refractivity (Wildman–Crippen MR) is 57.9 cm³/mol. The van der Waals surface area contributed by atoms with E-state index < -0.39 is 0 Å². The average molecular weight is 212 g/mol. The van der Waals surface area contributed by atoms with Crippen LogP contribution in [0.5, 0.6) is 0 Å². The Labute approximate surface area is 89.1 Å². The summed E-state index contributed by atoms with van der Waals surface area (Å²) in [5.74, 6) is 0.630. The van der Waals surface area contributed by atoms with Crippen molar-refractivity contribution in [1.82, 2.24) is 9.55 Å². The fourth-order valence-corrected chi connectivity index (χ4v) is 2.22. The number of hydrogen-bond acceptors (Lipinski definition) is 2. The van der Waals surface area contributed by atoms with E-state index in [1.807, 2.05) is 6.92 Å². The molecule has 1 aromatic heterocycles. The molecule has 0 aromatic carbocycles. The first-order valence-corrected chi connectivity index (χ1v) is 5.50. The molecule has 3 nitrogen and oxygen atoms in total. The van der Waals surface area contributed by atoms with Crippen molar-refractivity contribution in [3.8, 4) is 0 Å². The molecule has 1 aromatic rings. The third kappa shape index (κ3) is 2.25. The minimum Gasteiger partial charge on any atom is -0.381 e. The first-order chi connectivity index (χ1) is 6.75. The van der Waals surface area contributed by atoms with E-state index in [1.54, 1.807) is 0 Å². The number of nitrogens with zero attached hydrogens (tertiary/aromatic N) is 1. The Bertz CT molecular complexity index is 349. The van der Waals surface area contributed by atoms with Crippen LogP contribution in [0, 0.1) is 17.6 Å². The van der Waals surface area contributed by atoms with Gasteiger partial charge in [-0.15, -0.1) is 0 Å². The molecule has 0 radical (unpaired) electrons. The van der Waals surface area contributed by atoms with Gasteiger partial charge >= 0.3 is 0 Å². The average Bonchev–Trinajstić information content (AvgIpc) is 2.47. The Morgan fingerprint density at radius 1 is 1.71 bits per heavy atom. The highest BCUT2D eigenvalue weighted by Gasteiger charge is 2.14. The fourth-order valence-electron chi connectivity index (χ4n) is 1.93. The number of nitrogens with one attached hydrogen (secondary N) is 1. The second-order valence-electron chi connectivity index (χ2n) is 3.98. The SMILES string of the molecule is Cc1cn(CC2CCCOC2)c(=S)[nH]1. The van der Waals surface area contributed by atoms with E-state index in [-0.39, 0.29) is 0 Å². The van der Waals surface area contributed by atoms with Gasteiger partial charge in [0.05, 0.1) is 6.61 Å². The van der Waals surface area contributed by atoms with E-state index in [0.29, 0.717) is 5.92 Å². The molecule has 2 rings (SSSR count). The third-order valence-electron chi connectivity index (χ3n) is 2.62. The Kier molecular flexibility index (Phi) is 3.03. The standard InChI is InChI=1S/C10H16N2OS/c1-8-5-12(10(14)11-8)6-9-3-2-4-13-7-9/h5,9H,2-4,6-7H2,1H3,(H,11,14). The first-order valence-electron chi connectivity index (χ1n) is 5.09. The van der Waals surface area contributed by atoms with Crippen LogP contribution in [-0.2, 0) is 11.3 Å². The molecule has 14 heavy (non-hydrogen) atoms. The molecule has 0 saturated carbocycles. The molecule has 1 unspecified atom stereocenters. The van der Waals surface area contributed by atoms with Crippen LogP contribution in [0.15, 0.2) is 6.20 Å². The number of aromatic nitrogens is 2. The highest BCUT2D eigenvalue weighted by molar-refractivity contribution is 7.71. The Hall–Kier alpha value is -0.610. The zero-order valence-corrected chi connectivity index (χ0v) is 9.27. The molecule has 1 N–H and O–H groups in total. The molecule has 0 amide bonds. The van der Waals surface area contributed by atoms with E-state index in [0.717, 1.165) is 30.2 Å². The lowest BCUT2D eigenvalue weighted by atomic mass is 10.0. The summed E-state index contributed by atoms with van der Waals surface area (Å²) < 4.78 is 8.39. The molecule has 1 atom stereocenters. The van der Waals surface area contributed by atoms with Gasteiger partial charge in [-0.3, -0.25) is 0 Å². The van der Waals surface area contributed by atoms with Gasteiger partial charge in [0.15, 0.2) is 4.77 Å². The van der Waals surface area contributed by atoms with E-state index in [2.05, 4.69) is 15.7 Å². The van der Waals surface area contributed by atoms with Crippen LogP contribution in [-0.4, -0.2) is 22.8 Å². The van der Waals surface area contributed by atoms with Crippen LogP contribution in [0.1, 0.15) is 18.5 Å². The van der Waals surface area contributed by atoms with Crippen molar-refractivity contribution in [1.29, 1.82) is 0 Å². The lowest BCUT2D eigenvalue weighted by molar-refractivity contribution is 0.0482. The maximum absolute atomic E-state index is 5.44. The van der Waals surface area contributed by atoms with Crippen molar-refractivity contribution in [3.05, 3.63) is 16.7 Å². The summed E-state index contributed by atoms with van der Waals surface area (Å²) in [5, 5.41) is 0. The van der Waals surface area contributed by atoms with Gasteiger partial charge in [0.25, 0.3) is 0 Å². The molecular formula is C10H16N2OS. The molecular weight excluding hydrogens is 196 g/mol. The summed E-state index contributed by atoms with van der Waals surface area (Å²) in [6.45, 7) is 4.83. The van der Waals surface area contributed by atoms with E-state index in [4.69, 9.17) is 17.0 Å². The molecule has 0 bridgehead atoms. The number of ether oxygens (including phenoxy) is 1. The Morgan fingerprint density at radius 3 is 3.14 bits per heavy atom. The van der Waals surface area contributed by atoms with Crippen LogP contribution in [0.25, 0.3) is 0 Å². The van der Waals surface area contributed by atoms with Crippen LogP contribution in [0.3, 0.4) is 0 Å². The highest BCUT2D eigenvalue weighted by atomic mass is 32.1. The zero-order valence-electron chi connectivity index (χ0n) is 8.45. The first kappa shape index (κ1) is 9.93. The van der Waals surface area contributed by atoms with E-state index in [9.17, 15) is 0 Å². The molecule has 1 saturated heterocycles. The van der Waals surface area contributed by atoms with Crippen LogP contribution >= 0.6 is 12.2 Å². The maximum atomic E-state index is 5.44. The number of hydrogen-bond donors (Lipinski definition) is 1. The fraction of sp³-hybridized carbons (Fsp3) is 0.700. The minimum absolute atomic E-state index is 0.630. The van der Waals surface area contributed by atoms with Gasteiger partial charge < -0.3 is 14.3 Å². The predicted octanol–water partition coefficient (Wildman–Crippen LogP) is 2.28. The summed E-state index contributed by atoms with van der Waals surface area (Å²) >= 11 is 5.21. The quantitative estimate of drug-likeness (QED) is 0.762. The normalized spacial score (nSPS) is 22.5. The number of imidazole rings is 1. The lowest BCUT2D eigenvalue weighted by Gasteiger charge is -2.22. The summed E-state index contributed by atoms with van der Waals surface area (Å²) in [6, 6.07) is 0. The number of rotatable bonds is 2. The Morgan fingerprint density at radius 2 is 2.57 bits per heavy atom. The number of H-pyrrole nitrogens is 1. The third-order valence-corrected chi connectivity index (χ3v) is 2.96. The van der Waals surface area contributed by atoms with Gasteiger partial charge in [0, 0.05) is 31.0 Å². The monoisotopic (exact) mass is 212 g/mol. The van der Waals surface area contributed by atoms with E-state index >= 15 is 0 Å². The van der Waals surface area contributed by atoms with Gasteiger partial charge in [0.2, 0.25) is 0 Å². The largest absolute Gasteiger partial charge is 0.381 e. The van der Waals surface area contributed by atoms with Gasteiger partial charge in [-0.2, -0.15) is 0 Å². The summed E-state index contributed by atoms with van der Waals surface area (Å²) in [6.07, 6.45) is 4.52. The summed E-state index contributed by atoms with van der Waals surface area (Å²) in [4.78, 5) is 3.13. The molecule has 2 heterocycles. The molecule has 78 valence electrons. The Balaban J connectivity index is 2.02. The number of aromatic amines is 1. The summed E-state index contributed by atoms with van der Waals surface area (Å²) in [5.41, 5.74) is 1.13. The zero-order chi connectivity index (χ0) is 9.97. The van der Waals surface area contributed by atoms with Crippen LogP contribution in [0.2, 0.25) is 0 Å². The topological polar surface area (TPSA) is 29.9 Å².